The van der Waals surface area contributed by atoms with Crippen molar-refractivity contribution in [2.24, 2.45) is 5.92 Å². The van der Waals surface area contributed by atoms with Gasteiger partial charge >= 0.3 is 6.03 Å². The molecule has 0 spiro atoms. The van der Waals surface area contributed by atoms with Crippen molar-refractivity contribution in [2.45, 2.75) is 70.9 Å². The average molecular weight is 296 g/mol. The molecule has 1 saturated carbocycles. The van der Waals surface area contributed by atoms with E-state index in [4.69, 9.17) is 0 Å². The number of likely N-dealkylation sites (tertiary alicyclic amines) is 1. The van der Waals surface area contributed by atoms with Gasteiger partial charge in [-0.05, 0) is 52.9 Å². The molecule has 3 N–H and O–H groups in total. The Balaban J connectivity index is 1.82. The third-order valence-corrected chi connectivity index (χ3v) is 4.64. The van der Waals surface area contributed by atoms with Crippen LogP contribution < -0.4 is 15.5 Å². The lowest BCUT2D eigenvalue weighted by Gasteiger charge is -2.40. The molecule has 120 valence electrons. The van der Waals surface area contributed by atoms with E-state index in [0.717, 1.165) is 12.5 Å². The largest absolute Gasteiger partial charge is 0.333 e. The van der Waals surface area contributed by atoms with Crippen LogP contribution in [-0.2, 0) is 4.79 Å². The Hall–Kier alpha value is -1.10. The highest BCUT2D eigenvalue weighted by Crippen LogP contribution is 2.28. The van der Waals surface area contributed by atoms with E-state index in [1.54, 1.807) is 0 Å². The molecule has 1 aliphatic carbocycles. The maximum absolute atomic E-state index is 12.1. The number of rotatable bonds is 2. The monoisotopic (exact) mass is 296 g/mol. The molecule has 1 aliphatic heterocycles. The summed E-state index contributed by atoms with van der Waals surface area (Å²) in [6.07, 6.45) is 7.71. The number of quaternary nitrogens is 1. The van der Waals surface area contributed by atoms with E-state index < -0.39 is 0 Å². The van der Waals surface area contributed by atoms with Gasteiger partial charge in [-0.25, -0.2) is 4.79 Å². The molecule has 5 heteroatoms. The molecule has 1 saturated heterocycles. The Morgan fingerprint density at radius 3 is 2.48 bits per heavy atom. The number of hydrogen-bond acceptors (Lipinski definition) is 2. The Morgan fingerprint density at radius 2 is 1.76 bits per heavy atom. The van der Waals surface area contributed by atoms with Crippen LogP contribution in [-0.4, -0.2) is 36.6 Å². The van der Waals surface area contributed by atoms with Crippen LogP contribution in [0.4, 0.5) is 4.79 Å². The van der Waals surface area contributed by atoms with Crippen LogP contribution in [0.25, 0.3) is 0 Å². The van der Waals surface area contributed by atoms with Gasteiger partial charge in [0.2, 0.25) is 0 Å². The van der Waals surface area contributed by atoms with E-state index >= 15 is 0 Å². The van der Waals surface area contributed by atoms with Crippen molar-refractivity contribution in [2.75, 3.05) is 13.1 Å². The first-order chi connectivity index (χ1) is 9.85. The Morgan fingerprint density at radius 1 is 1.10 bits per heavy atom. The minimum Gasteiger partial charge on any atom is -0.333 e. The van der Waals surface area contributed by atoms with Gasteiger partial charge in [-0.3, -0.25) is 10.1 Å². The Bertz CT molecular complexity index is 387. The van der Waals surface area contributed by atoms with Crippen LogP contribution in [0.3, 0.4) is 0 Å². The van der Waals surface area contributed by atoms with E-state index in [0.29, 0.717) is 12.6 Å². The third kappa shape index (κ3) is 4.99. The van der Waals surface area contributed by atoms with Gasteiger partial charge in [0.1, 0.15) is 0 Å². The van der Waals surface area contributed by atoms with Crippen LogP contribution in [0.2, 0.25) is 0 Å². The molecule has 0 aromatic rings. The van der Waals surface area contributed by atoms with Gasteiger partial charge in [0.25, 0.3) is 5.91 Å². The van der Waals surface area contributed by atoms with Crippen molar-refractivity contribution in [1.29, 1.82) is 0 Å². The van der Waals surface area contributed by atoms with Crippen molar-refractivity contribution in [1.82, 2.24) is 10.6 Å². The summed E-state index contributed by atoms with van der Waals surface area (Å²) < 4.78 is 0. The maximum atomic E-state index is 12.1. The van der Waals surface area contributed by atoms with E-state index in [-0.39, 0.29) is 17.5 Å². The second kappa shape index (κ2) is 6.77. The van der Waals surface area contributed by atoms with Crippen molar-refractivity contribution in [3.05, 3.63) is 0 Å². The van der Waals surface area contributed by atoms with Crippen LogP contribution in [0, 0.1) is 5.92 Å². The standard InChI is InChI=1S/C16H29N3O2/c1-16(2,3)18-15(21)17-14(20)11-19-10-6-8-12-7-4-5-9-13(12)19/h12-13H,4-11H2,1-3H3,(H2,17,18,20,21)/p+1/t12-,13+/m1/s1. The number of imide groups is 1. The van der Waals surface area contributed by atoms with Crippen LogP contribution in [0.1, 0.15) is 59.3 Å². The number of carbonyl (C=O) groups is 2. The van der Waals surface area contributed by atoms with Gasteiger partial charge in [-0.2, -0.15) is 0 Å². The normalized spacial score (nSPS) is 29.4. The molecule has 21 heavy (non-hydrogen) atoms. The highest BCUT2D eigenvalue weighted by Gasteiger charge is 2.37. The fraction of sp³-hybridized carbons (Fsp3) is 0.875. The zero-order valence-electron chi connectivity index (χ0n) is 13.6. The van der Waals surface area contributed by atoms with Crippen LogP contribution in [0.15, 0.2) is 0 Å². The summed E-state index contributed by atoms with van der Waals surface area (Å²) in [5, 5.41) is 5.23. The second-order valence-electron chi connectivity index (χ2n) is 7.63. The number of piperidine rings is 1. The first-order valence-electron chi connectivity index (χ1n) is 8.32. The highest BCUT2D eigenvalue weighted by molar-refractivity contribution is 5.94. The van der Waals surface area contributed by atoms with Crippen LogP contribution >= 0.6 is 0 Å². The molecular formula is C16H30N3O2+. The number of amides is 3. The summed E-state index contributed by atoms with van der Waals surface area (Å²) in [5.41, 5.74) is -0.323. The molecule has 2 aliphatic rings. The van der Waals surface area contributed by atoms with E-state index in [2.05, 4.69) is 10.6 Å². The van der Waals surface area contributed by atoms with Gasteiger partial charge in [-0.1, -0.05) is 6.42 Å². The summed E-state index contributed by atoms with van der Waals surface area (Å²) in [6, 6.07) is 0.244. The molecule has 2 rings (SSSR count). The molecule has 0 aromatic heterocycles. The van der Waals surface area contributed by atoms with Crippen molar-refractivity contribution < 1.29 is 14.5 Å². The fourth-order valence-electron chi connectivity index (χ4n) is 3.84. The van der Waals surface area contributed by atoms with Crippen LogP contribution in [0.5, 0.6) is 0 Å². The molecule has 3 amide bonds. The van der Waals surface area contributed by atoms with Gasteiger partial charge in [0.15, 0.2) is 6.54 Å². The molecular weight excluding hydrogens is 266 g/mol. The SMILES string of the molecule is CC(C)(C)NC(=O)NC(=O)C[NH+]1CCC[C@H]2CCCC[C@@H]21. The lowest BCUT2D eigenvalue weighted by Crippen LogP contribution is -3.18. The zero-order chi connectivity index (χ0) is 15.5. The van der Waals surface area contributed by atoms with Crippen molar-refractivity contribution >= 4 is 11.9 Å². The number of nitrogens with one attached hydrogen (secondary N) is 3. The summed E-state index contributed by atoms with van der Waals surface area (Å²) in [5.74, 6) is 0.636. The highest BCUT2D eigenvalue weighted by atomic mass is 16.2. The topological polar surface area (TPSA) is 62.6 Å². The van der Waals surface area contributed by atoms with E-state index in [9.17, 15) is 9.59 Å². The van der Waals surface area contributed by atoms with Gasteiger partial charge in [0, 0.05) is 11.5 Å². The maximum Gasteiger partial charge on any atom is 0.322 e. The smallest absolute Gasteiger partial charge is 0.322 e. The molecule has 1 unspecified atom stereocenters. The summed E-state index contributed by atoms with van der Waals surface area (Å²) in [7, 11) is 0. The third-order valence-electron chi connectivity index (χ3n) is 4.64. The average Bonchev–Trinajstić information content (AvgIpc) is 2.36. The lowest BCUT2D eigenvalue weighted by atomic mass is 9.78. The van der Waals surface area contributed by atoms with Crippen molar-refractivity contribution in [3.63, 3.8) is 0 Å². The predicted molar refractivity (Wildman–Crippen MR) is 82.1 cm³/mol. The molecule has 0 radical (unpaired) electrons. The molecule has 3 atom stereocenters. The Kier molecular flexibility index (Phi) is 5.25. The predicted octanol–water partition coefficient (Wildman–Crippen LogP) is 0.848. The number of urea groups is 1. The lowest BCUT2D eigenvalue weighted by molar-refractivity contribution is -0.928. The summed E-state index contributed by atoms with van der Waals surface area (Å²) >= 11 is 0. The number of fused-ring (bicyclic) bond motifs is 1. The summed E-state index contributed by atoms with van der Waals surface area (Å²) in [4.78, 5) is 25.2. The minimum absolute atomic E-state index is 0.155. The second-order valence-corrected chi connectivity index (χ2v) is 7.63. The molecule has 0 aromatic carbocycles. The van der Waals surface area contributed by atoms with E-state index in [1.807, 2.05) is 20.8 Å². The van der Waals surface area contributed by atoms with Gasteiger partial charge < -0.3 is 10.2 Å². The molecule has 5 nitrogen and oxygen atoms in total. The Labute approximate surface area is 127 Å². The minimum atomic E-state index is -0.385. The van der Waals surface area contributed by atoms with E-state index in [1.165, 1.54) is 43.4 Å². The first kappa shape index (κ1) is 16.3. The first-order valence-corrected chi connectivity index (χ1v) is 8.32. The molecule has 1 heterocycles. The molecule has 0 bridgehead atoms. The zero-order valence-corrected chi connectivity index (χ0v) is 13.6. The number of hydrogen-bond donors (Lipinski definition) is 3. The number of carbonyl (C=O) groups excluding carboxylic acids is 2. The van der Waals surface area contributed by atoms with Crippen molar-refractivity contribution in [3.8, 4) is 0 Å². The fourth-order valence-corrected chi connectivity index (χ4v) is 3.84. The van der Waals surface area contributed by atoms with Gasteiger partial charge in [-0.15, -0.1) is 0 Å². The summed E-state index contributed by atoms with van der Waals surface area (Å²) in [6.45, 7) is 7.20. The quantitative estimate of drug-likeness (QED) is 0.707. The molecule has 2 fully saturated rings. The van der Waals surface area contributed by atoms with Gasteiger partial charge in [0.05, 0.1) is 12.6 Å².